The maximum atomic E-state index is 5.86. The van der Waals surface area contributed by atoms with E-state index < -0.39 is 0 Å². The van der Waals surface area contributed by atoms with Gasteiger partial charge in [-0.05, 0) is 12.1 Å². The normalized spacial score (nSPS) is 10.2. The van der Waals surface area contributed by atoms with E-state index in [2.05, 4.69) is 0 Å². The monoisotopic (exact) mass is 228 g/mol. The highest BCUT2D eigenvalue weighted by molar-refractivity contribution is 5.41. The van der Waals surface area contributed by atoms with Gasteiger partial charge in [0.15, 0.2) is 0 Å². The number of nitrogens with two attached hydrogens (primary N) is 2. The summed E-state index contributed by atoms with van der Waals surface area (Å²) in [5.74, 6) is 1.58. The second kappa shape index (κ2) is 5.48. The summed E-state index contributed by atoms with van der Waals surface area (Å²) >= 11 is 0. The van der Waals surface area contributed by atoms with Gasteiger partial charge in [0, 0.05) is 24.2 Å². The summed E-state index contributed by atoms with van der Waals surface area (Å²) in [6.07, 6.45) is 0. The molecule has 3 nitrogen and oxygen atoms in total. The van der Waals surface area contributed by atoms with Crippen LogP contribution in [0.2, 0.25) is 0 Å². The van der Waals surface area contributed by atoms with Crippen LogP contribution in [-0.4, -0.2) is 0 Å². The fraction of sp³-hybridized carbons (Fsp3) is 0.143. The summed E-state index contributed by atoms with van der Waals surface area (Å²) in [4.78, 5) is 0. The second-order valence-corrected chi connectivity index (χ2v) is 3.73. The summed E-state index contributed by atoms with van der Waals surface area (Å²) in [7, 11) is 0. The first-order valence-corrected chi connectivity index (χ1v) is 5.59. The second-order valence-electron chi connectivity index (χ2n) is 3.73. The lowest BCUT2D eigenvalue weighted by Crippen LogP contribution is -2.02. The van der Waals surface area contributed by atoms with Crippen molar-refractivity contribution in [3.63, 3.8) is 0 Å². The van der Waals surface area contributed by atoms with E-state index >= 15 is 0 Å². The van der Waals surface area contributed by atoms with Gasteiger partial charge in [0.2, 0.25) is 0 Å². The summed E-state index contributed by atoms with van der Waals surface area (Å²) in [5.41, 5.74) is 13.3. The van der Waals surface area contributed by atoms with Crippen LogP contribution in [0.15, 0.2) is 48.5 Å². The van der Waals surface area contributed by atoms with Crippen LogP contribution >= 0.6 is 0 Å². The number of para-hydroxylation sites is 2. The van der Waals surface area contributed by atoms with Crippen LogP contribution in [-0.2, 0) is 13.1 Å². The number of ether oxygens (including phenoxy) is 1. The minimum absolute atomic E-state index is 0.459. The molecule has 4 N–H and O–H groups in total. The molecular formula is C14H16N2O. The van der Waals surface area contributed by atoms with Crippen molar-refractivity contribution in [1.29, 1.82) is 0 Å². The van der Waals surface area contributed by atoms with Gasteiger partial charge in [0.1, 0.15) is 11.5 Å². The molecule has 0 aliphatic heterocycles. The molecule has 0 saturated carbocycles. The first kappa shape index (κ1) is 11.6. The molecule has 3 heteroatoms. The molecule has 88 valence electrons. The molecule has 0 amide bonds. The van der Waals surface area contributed by atoms with E-state index in [1.807, 2.05) is 48.5 Å². The van der Waals surface area contributed by atoms with Crippen molar-refractivity contribution in [2.75, 3.05) is 0 Å². The highest BCUT2D eigenvalue weighted by Gasteiger charge is 2.05. The zero-order valence-corrected chi connectivity index (χ0v) is 9.60. The fourth-order valence-corrected chi connectivity index (χ4v) is 1.66. The molecule has 0 saturated heterocycles. The van der Waals surface area contributed by atoms with Crippen molar-refractivity contribution in [3.05, 3.63) is 59.7 Å². The van der Waals surface area contributed by atoms with Crippen LogP contribution in [0.4, 0.5) is 0 Å². The maximum absolute atomic E-state index is 5.86. The van der Waals surface area contributed by atoms with Crippen molar-refractivity contribution in [3.8, 4) is 11.5 Å². The largest absolute Gasteiger partial charge is 0.457 e. The summed E-state index contributed by atoms with van der Waals surface area (Å²) in [6, 6.07) is 15.5. The molecule has 0 aliphatic rings. The van der Waals surface area contributed by atoms with Gasteiger partial charge in [-0.25, -0.2) is 0 Å². The lowest BCUT2D eigenvalue weighted by Gasteiger charge is -2.12. The topological polar surface area (TPSA) is 61.3 Å². The number of benzene rings is 2. The fourth-order valence-electron chi connectivity index (χ4n) is 1.66. The first-order chi connectivity index (χ1) is 8.35. The van der Waals surface area contributed by atoms with Crippen molar-refractivity contribution in [1.82, 2.24) is 0 Å². The standard InChI is InChI=1S/C14H16N2O/c15-9-11-5-1-3-7-13(11)17-14-8-4-2-6-12(14)10-16/h1-8H,9-10,15-16H2. The molecule has 2 aromatic carbocycles. The Balaban J connectivity index is 2.31. The Morgan fingerprint density at radius 1 is 0.706 bits per heavy atom. The van der Waals surface area contributed by atoms with Crippen LogP contribution in [0.3, 0.4) is 0 Å². The first-order valence-electron chi connectivity index (χ1n) is 5.59. The highest BCUT2D eigenvalue weighted by atomic mass is 16.5. The Kier molecular flexibility index (Phi) is 3.75. The predicted molar refractivity (Wildman–Crippen MR) is 68.7 cm³/mol. The molecule has 0 aliphatic carbocycles. The lowest BCUT2D eigenvalue weighted by molar-refractivity contribution is 0.470. The van der Waals surface area contributed by atoms with Crippen LogP contribution in [0, 0.1) is 0 Å². The Morgan fingerprint density at radius 2 is 1.12 bits per heavy atom. The predicted octanol–water partition coefficient (Wildman–Crippen LogP) is 2.40. The molecule has 0 radical (unpaired) electrons. The summed E-state index contributed by atoms with van der Waals surface area (Å²) in [6.45, 7) is 0.919. The number of rotatable bonds is 4. The Bertz CT molecular complexity index is 452. The molecule has 2 rings (SSSR count). The van der Waals surface area contributed by atoms with Gasteiger partial charge in [0.25, 0.3) is 0 Å². The van der Waals surface area contributed by atoms with Gasteiger partial charge < -0.3 is 16.2 Å². The zero-order valence-electron chi connectivity index (χ0n) is 9.60. The molecule has 0 heterocycles. The number of hydrogen-bond acceptors (Lipinski definition) is 3. The van der Waals surface area contributed by atoms with E-state index in [0.717, 1.165) is 22.6 Å². The van der Waals surface area contributed by atoms with E-state index in [-0.39, 0.29) is 0 Å². The van der Waals surface area contributed by atoms with E-state index in [1.165, 1.54) is 0 Å². The van der Waals surface area contributed by atoms with Gasteiger partial charge in [-0.15, -0.1) is 0 Å². The van der Waals surface area contributed by atoms with Gasteiger partial charge >= 0.3 is 0 Å². The lowest BCUT2D eigenvalue weighted by atomic mass is 10.2. The molecule has 0 aromatic heterocycles. The SMILES string of the molecule is NCc1ccccc1Oc1ccccc1CN. The van der Waals surface area contributed by atoms with Crippen LogP contribution in [0.1, 0.15) is 11.1 Å². The molecule has 0 bridgehead atoms. The summed E-state index contributed by atoms with van der Waals surface area (Å²) in [5, 5.41) is 0. The Morgan fingerprint density at radius 3 is 1.53 bits per heavy atom. The third-order valence-electron chi connectivity index (χ3n) is 2.60. The maximum Gasteiger partial charge on any atom is 0.131 e. The van der Waals surface area contributed by atoms with E-state index in [1.54, 1.807) is 0 Å². The minimum atomic E-state index is 0.459. The number of hydrogen-bond donors (Lipinski definition) is 2. The zero-order chi connectivity index (χ0) is 12.1. The van der Waals surface area contributed by atoms with Crippen molar-refractivity contribution in [2.24, 2.45) is 11.5 Å². The van der Waals surface area contributed by atoms with Gasteiger partial charge in [0.05, 0.1) is 0 Å². The van der Waals surface area contributed by atoms with E-state index in [9.17, 15) is 0 Å². The molecule has 0 unspecified atom stereocenters. The van der Waals surface area contributed by atoms with E-state index in [4.69, 9.17) is 16.2 Å². The van der Waals surface area contributed by atoms with Gasteiger partial charge in [-0.2, -0.15) is 0 Å². The average molecular weight is 228 g/mol. The summed E-state index contributed by atoms with van der Waals surface area (Å²) < 4.78 is 5.86. The molecule has 0 spiro atoms. The Labute approximate surface area is 101 Å². The van der Waals surface area contributed by atoms with E-state index in [0.29, 0.717) is 13.1 Å². The molecule has 17 heavy (non-hydrogen) atoms. The molecular weight excluding hydrogens is 212 g/mol. The van der Waals surface area contributed by atoms with Crippen molar-refractivity contribution < 1.29 is 4.74 Å². The molecule has 0 atom stereocenters. The minimum Gasteiger partial charge on any atom is -0.457 e. The molecule has 2 aromatic rings. The van der Waals surface area contributed by atoms with Crippen LogP contribution in [0.5, 0.6) is 11.5 Å². The van der Waals surface area contributed by atoms with Crippen LogP contribution in [0.25, 0.3) is 0 Å². The smallest absolute Gasteiger partial charge is 0.131 e. The quantitative estimate of drug-likeness (QED) is 0.844. The highest BCUT2D eigenvalue weighted by Crippen LogP contribution is 2.27. The average Bonchev–Trinajstić information content (AvgIpc) is 2.40. The van der Waals surface area contributed by atoms with Crippen LogP contribution < -0.4 is 16.2 Å². The van der Waals surface area contributed by atoms with Crippen molar-refractivity contribution >= 4 is 0 Å². The van der Waals surface area contributed by atoms with Crippen molar-refractivity contribution in [2.45, 2.75) is 13.1 Å². The molecule has 0 fully saturated rings. The van der Waals surface area contributed by atoms with Gasteiger partial charge in [-0.1, -0.05) is 36.4 Å². The van der Waals surface area contributed by atoms with Gasteiger partial charge in [-0.3, -0.25) is 0 Å². The Hall–Kier alpha value is -1.84. The third kappa shape index (κ3) is 2.64. The third-order valence-corrected chi connectivity index (χ3v) is 2.60.